The molecule has 2 N–H and O–H groups in total. The maximum atomic E-state index is 13.8. The minimum atomic E-state index is -0.586. The van der Waals surface area contributed by atoms with Crippen molar-refractivity contribution >= 4 is 45.5 Å². The van der Waals surface area contributed by atoms with Gasteiger partial charge in [0.15, 0.2) is 0 Å². The number of carbonyl (C=O) groups excluding carboxylic acids is 3. The number of likely N-dealkylation sites (tertiary alicyclic amines) is 1. The fourth-order valence-corrected chi connectivity index (χ4v) is 10.1. The van der Waals surface area contributed by atoms with Crippen molar-refractivity contribution in [3.8, 4) is 0 Å². The van der Waals surface area contributed by atoms with Crippen molar-refractivity contribution in [3.63, 3.8) is 0 Å². The molecular weight excluding hydrogens is 508 g/mol. The molecule has 3 heterocycles. The molecule has 33 heavy (non-hydrogen) atoms. The first-order chi connectivity index (χ1) is 15.9. The number of alkyl halides is 1. The van der Waals surface area contributed by atoms with Gasteiger partial charge in [-0.05, 0) is 39.0 Å². The molecule has 4 rings (SSSR count). The van der Waals surface area contributed by atoms with Gasteiger partial charge in [-0.2, -0.15) is 0 Å². The minimum Gasteiger partial charge on any atom is -0.466 e. The number of rotatable bonds is 10. The third-order valence-electron chi connectivity index (χ3n) is 7.85. The highest BCUT2D eigenvalue weighted by Gasteiger charge is 2.75. The van der Waals surface area contributed by atoms with Gasteiger partial charge in [-0.1, -0.05) is 48.0 Å². The zero-order chi connectivity index (χ0) is 23.6. The summed E-state index contributed by atoms with van der Waals surface area (Å²) in [6.45, 7) is 2.76. The van der Waals surface area contributed by atoms with Gasteiger partial charge in [0.25, 0.3) is 0 Å². The summed E-state index contributed by atoms with van der Waals surface area (Å²) < 4.78 is 4.80. The second-order valence-electron chi connectivity index (χ2n) is 9.93. The van der Waals surface area contributed by atoms with Gasteiger partial charge >= 0.3 is 5.97 Å². The number of carbonyl (C=O) groups is 3. The minimum absolute atomic E-state index is 0.0466. The number of aliphatic hydroxyl groups is 1. The number of ether oxygens (including phenoxy) is 1. The van der Waals surface area contributed by atoms with Crippen molar-refractivity contribution in [1.29, 1.82) is 0 Å². The van der Waals surface area contributed by atoms with E-state index < -0.39 is 22.6 Å². The number of aliphatic hydroxyl groups excluding tert-OH is 1. The molecule has 9 heteroatoms. The van der Waals surface area contributed by atoms with E-state index in [1.54, 1.807) is 23.6 Å². The average molecular weight is 546 g/mol. The van der Waals surface area contributed by atoms with Crippen LogP contribution in [0.5, 0.6) is 0 Å². The van der Waals surface area contributed by atoms with Crippen LogP contribution in [0.4, 0.5) is 0 Å². The van der Waals surface area contributed by atoms with E-state index in [0.29, 0.717) is 13.0 Å². The summed E-state index contributed by atoms with van der Waals surface area (Å²) in [6, 6.07) is -0.378. The number of amides is 2. The highest BCUT2D eigenvalue weighted by atomic mass is 79.9. The number of fused-ring (bicyclic) bond motifs is 1. The van der Waals surface area contributed by atoms with Gasteiger partial charge in [-0.3, -0.25) is 14.4 Å². The van der Waals surface area contributed by atoms with E-state index in [9.17, 15) is 14.4 Å². The Morgan fingerprint density at radius 2 is 1.94 bits per heavy atom. The molecule has 3 aliphatic heterocycles. The number of esters is 1. The average Bonchev–Trinajstić information content (AvgIpc) is 3.38. The quantitative estimate of drug-likeness (QED) is 0.249. The van der Waals surface area contributed by atoms with Gasteiger partial charge in [-0.25, -0.2) is 0 Å². The maximum absolute atomic E-state index is 13.8. The van der Waals surface area contributed by atoms with E-state index in [2.05, 4.69) is 21.2 Å². The molecule has 0 radical (unpaired) electrons. The molecule has 1 spiro atoms. The Balaban J connectivity index is 1.59. The van der Waals surface area contributed by atoms with Gasteiger partial charge in [0.1, 0.15) is 6.04 Å². The van der Waals surface area contributed by atoms with Crippen LogP contribution in [-0.2, 0) is 19.1 Å². The fourth-order valence-electron chi connectivity index (χ4n) is 6.45. The van der Waals surface area contributed by atoms with E-state index >= 15 is 0 Å². The van der Waals surface area contributed by atoms with Crippen LogP contribution >= 0.6 is 27.7 Å². The fraction of sp³-hybridized carbons (Fsp3) is 0.875. The molecular formula is C24H37BrN2O5S. The summed E-state index contributed by atoms with van der Waals surface area (Å²) in [5.74, 6) is -1.43. The lowest BCUT2D eigenvalue weighted by molar-refractivity contribution is -0.153. The summed E-state index contributed by atoms with van der Waals surface area (Å²) in [5.41, 5.74) is 0. The smallest absolute Gasteiger partial charge is 0.310 e. The van der Waals surface area contributed by atoms with Crippen LogP contribution in [0.1, 0.15) is 71.1 Å². The maximum Gasteiger partial charge on any atom is 0.310 e. The van der Waals surface area contributed by atoms with Crippen LogP contribution in [0.2, 0.25) is 0 Å². The summed E-state index contributed by atoms with van der Waals surface area (Å²) >= 11 is 5.44. The largest absolute Gasteiger partial charge is 0.466 e. The van der Waals surface area contributed by atoms with Crippen molar-refractivity contribution in [3.05, 3.63) is 0 Å². The summed E-state index contributed by atoms with van der Waals surface area (Å²) in [6.07, 6.45) is 9.50. The summed E-state index contributed by atoms with van der Waals surface area (Å²) in [7, 11) is 0. The third-order valence-corrected chi connectivity index (χ3v) is 11.1. The topological polar surface area (TPSA) is 95.9 Å². The second kappa shape index (κ2) is 10.9. The van der Waals surface area contributed by atoms with Gasteiger partial charge in [0.2, 0.25) is 11.8 Å². The molecule has 4 fully saturated rings. The SMILES string of the molecule is CCOC(=O)[C@H]1[C@@H]2SC3(CC2Br)C(C(=O)NC2CCCCC2)N(CCCCCCO)C(=O)[C@H]13. The molecule has 0 aromatic heterocycles. The Morgan fingerprint density at radius 1 is 1.21 bits per heavy atom. The lowest BCUT2D eigenvalue weighted by atomic mass is 9.71. The highest BCUT2D eigenvalue weighted by molar-refractivity contribution is 9.09. The summed E-state index contributed by atoms with van der Waals surface area (Å²) in [5, 5.41) is 12.3. The van der Waals surface area contributed by atoms with Crippen LogP contribution in [0.3, 0.4) is 0 Å². The Morgan fingerprint density at radius 3 is 2.64 bits per heavy atom. The molecule has 7 nitrogen and oxygen atoms in total. The van der Waals surface area contributed by atoms with Crippen molar-refractivity contribution in [2.24, 2.45) is 11.8 Å². The number of halogens is 1. The van der Waals surface area contributed by atoms with E-state index in [0.717, 1.165) is 51.4 Å². The number of nitrogens with zero attached hydrogens (tertiary/aromatic N) is 1. The first-order valence-corrected chi connectivity index (χ1v) is 14.4. The number of hydrogen-bond donors (Lipinski definition) is 2. The van der Waals surface area contributed by atoms with Crippen molar-refractivity contribution < 1.29 is 24.2 Å². The molecule has 1 aliphatic carbocycles. The van der Waals surface area contributed by atoms with Gasteiger partial charge in [0, 0.05) is 29.3 Å². The Bertz CT molecular complexity index is 748. The van der Waals surface area contributed by atoms with E-state index in [-0.39, 0.29) is 47.1 Å². The second-order valence-corrected chi connectivity index (χ2v) is 12.6. The van der Waals surface area contributed by atoms with Gasteiger partial charge in [-0.15, -0.1) is 11.8 Å². The predicted molar refractivity (Wildman–Crippen MR) is 131 cm³/mol. The number of unbranched alkanes of at least 4 members (excludes halogenated alkanes) is 3. The van der Waals surface area contributed by atoms with Gasteiger partial charge in [0.05, 0.1) is 23.2 Å². The lowest BCUT2D eigenvalue weighted by Gasteiger charge is -2.36. The van der Waals surface area contributed by atoms with Crippen molar-refractivity contribution in [2.45, 2.75) is 98.0 Å². The standard InChI is InChI=1S/C24H37BrN2O5S/c1-2-32-23(31)17-18-22(30)27(12-8-3-4-9-13-28)20(24(18)14-16(25)19(17)33-24)21(29)26-15-10-6-5-7-11-15/h15-20,28H,2-14H2,1H3,(H,26,29)/t16?,17-,18+,19-,20?,24?/m1/s1. The molecule has 1 saturated carbocycles. The Labute approximate surface area is 209 Å². The van der Waals surface area contributed by atoms with Crippen molar-refractivity contribution in [2.75, 3.05) is 19.8 Å². The highest BCUT2D eigenvalue weighted by Crippen LogP contribution is 2.67. The Hall–Kier alpha value is -0.800. The molecule has 2 amide bonds. The van der Waals surface area contributed by atoms with Crippen LogP contribution in [-0.4, -0.2) is 74.5 Å². The number of nitrogens with one attached hydrogen (secondary N) is 1. The van der Waals surface area contributed by atoms with Crippen LogP contribution < -0.4 is 5.32 Å². The molecule has 0 aromatic carbocycles. The predicted octanol–water partition coefficient (Wildman–Crippen LogP) is 3.02. The zero-order valence-electron chi connectivity index (χ0n) is 19.5. The normalized spacial score (nSPS) is 35.7. The number of hydrogen-bond acceptors (Lipinski definition) is 6. The molecule has 4 aliphatic rings. The molecule has 6 atom stereocenters. The van der Waals surface area contributed by atoms with Crippen LogP contribution in [0.15, 0.2) is 0 Å². The first kappa shape index (κ1) is 25.3. The first-order valence-electron chi connectivity index (χ1n) is 12.6. The van der Waals surface area contributed by atoms with Crippen LogP contribution in [0, 0.1) is 11.8 Å². The van der Waals surface area contributed by atoms with E-state index in [4.69, 9.17) is 9.84 Å². The Kier molecular flexibility index (Phi) is 8.32. The monoisotopic (exact) mass is 544 g/mol. The lowest BCUT2D eigenvalue weighted by Crippen LogP contribution is -2.56. The molecule has 2 bridgehead atoms. The summed E-state index contributed by atoms with van der Waals surface area (Å²) in [4.78, 5) is 42.4. The zero-order valence-corrected chi connectivity index (χ0v) is 21.9. The molecule has 0 aromatic rings. The molecule has 3 saturated heterocycles. The van der Waals surface area contributed by atoms with Crippen molar-refractivity contribution in [1.82, 2.24) is 10.2 Å². The van der Waals surface area contributed by atoms with Gasteiger partial charge < -0.3 is 20.1 Å². The molecule has 186 valence electrons. The molecule has 3 unspecified atom stereocenters. The number of thioether (sulfide) groups is 1. The van der Waals surface area contributed by atoms with Crippen LogP contribution in [0.25, 0.3) is 0 Å². The van der Waals surface area contributed by atoms with E-state index in [1.807, 2.05) is 0 Å². The third kappa shape index (κ3) is 4.70. The van der Waals surface area contributed by atoms with E-state index in [1.165, 1.54) is 6.42 Å².